The molecule has 7 nitrogen and oxygen atoms in total. The van der Waals surface area contributed by atoms with Crippen LogP contribution >= 0.6 is 0 Å². The third-order valence-electron chi connectivity index (χ3n) is 7.43. The zero-order valence-electron chi connectivity index (χ0n) is 23.4. The van der Waals surface area contributed by atoms with Crippen LogP contribution in [0.5, 0.6) is 0 Å². The summed E-state index contributed by atoms with van der Waals surface area (Å²) in [5.41, 5.74) is 5.13. The van der Waals surface area contributed by atoms with Crippen LogP contribution in [0.3, 0.4) is 0 Å². The third kappa shape index (κ3) is 7.19. The van der Waals surface area contributed by atoms with Crippen molar-refractivity contribution >= 4 is 0 Å². The summed E-state index contributed by atoms with van der Waals surface area (Å²) < 4.78 is 28.7. The van der Waals surface area contributed by atoms with Crippen LogP contribution in [0, 0.1) is 0 Å². The fourth-order valence-electron chi connectivity index (χ4n) is 5.24. The van der Waals surface area contributed by atoms with Crippen molar-refractivity contribution < 1.29 is 18.9 Å². The Labute approximate surface area is 246 Å². The van der Waals surface area contributed by atoms with E-state index in [2.05, 4.69) is 58.8 Å². The fraction of sp³-hybridized carbons (Fsp3) is 0.257. The summed E-state index contributed by atoms with van der Waals surface area (Å²) in [5, 5.41) is 8.68. The average molecular weight is 562 g/mol. The van der Waals surface area contributed by atoms with Crippen molar-refractivity contribution in [2.24, 2.45) is 0 Å². The number of hydrogen-bond donors (Lipinski definition) is 0. The monoisotopic (exact) mass is 561 g/mol. The average Bonchev–Trinajstić information content (AvgIpc) is 3.47. The molecule has 0 aliphatic carbocycles. The molecule has 0 bridgehead atoms. The van der Waals surface area contributed by atoms with Gasteiger partial charge in [0.05, 0.1) is 44.9 Å². The molecule has 4 atom stereocenters. The number of nitrogens with zero attached hydrogens (tertiary/aromatic N) is 3. The van der Waals surface area contributed by atoms with Crippen molar-refractivity contribution in [2.45, 2.75) is 57.4 Å². The van der Waals surface area contributed by atoms with Crippen molar-refractivity contribution in [2.75, 3.05) is 0 Å². The van der Waals surface area contributed by atoms with Crippen LogP contribution in [0.2, 0.25) is 0 Å². The standard InChI is InChI=1S/C35H35N3O4/c1-5-13-27(14-6-1)23-39-32-22-38-31(21-36-37-38)33(40-24-28-15-7-2-8-16-28)35(42-26-30-19-11-4-12-20-30)34(32)41-25-29-17-9-3-10-18-29/h1-21,32-35H,22-26H2/t32-,33+,34+,35-/m1/s1. The highest BCUT2D eigenvalue weighted by molar-refractivity contribution is 5.17. The van der Waals surface area contributed by atoms with Gasteiger partial charge in [0.25, 0.3) is 0 Å². The molecule has 0 amide bonds. The van der Waals surface area contributed by atoms with Gasteiger partial charge in [-0.15, -0.1) is 5.10 Å². The molecule has 7 heteroatoms. The predicted molar refractivity (Wildman–Crippen MR) is 159 cm³/mol. The number of aromatic nitrogens is 3. The van der Waals surface area contributed by atoms with E-state index in [9.17, 15) is 0 Å². The van der Waals surface area contributed by atoms with Crippen LogP contribution in [-0.2, 0) is 51.9 Å². The number of hydrogen-bond acceptors (Lipinski definition) is 6. The first-order chi connectivity index (χ1) is 20.8. The maximum absolute atomic E-state index is 6.76. The van der Waals surface area contributed by atoms with E-state index < -0.39 is 18.3 Å². The van der Waals surface area contributed by atoms with E-state index in [-0.39, 0.29) is 6.10 Å². The first-order valence-corrected chi connectivity index (χ1v) is 14.3. The molecule has 0 N–H and O–H groups in total. The molecule has 1 aromatic heterocycles. The summed E-state index contributed by atoms with van der Waals surface area (Å²) in [4.78, 5) is 0. The van der Waals surface area contributed by atoms with Gasteiger partial charge in [0.2, 0.25) is 0 Å². The van der Waals surface area contributed by atoms with Gasteiger partial charge < -0.3 is 18.9 Å². The maximum atomic E-state index is 6.76. The lowest BCUT2D eigenvalue weighted by molar-refractivity contribution is -0.188. The molecule has 5 aromatic rings. The van der Waals surface area contributed by atoms with E-state index >= 15 is 0 Å². The molecule has 0 radical (unpaired) electrons. The molecular formula is C35H35N3O4. The topological polar surface area (TPSA) is 67.6 Å². The summed E-state index contributed by atoms with van der Waals surface area (Å²) >= 11 is 0. The van der Waals surface area contributed by atoms with Gasteiger partial charge in [-0.1, -0.05) is 127 Å². The minimum Gasteiger partial charge on any atom is -0.369 e. The molecule has 1 aliphatic rings. The molecule has 0 unspecified atom stereocenters. The van der Waals surface area contributed by atoms with Gasteiger partial charge in [0.1, 0.15) is 24.4 Å². The van der Waals surface area contributed by atoms with Crippen molar-refractivity contribution in [3.8, 4) is 0 Å². The van der Waals surface area contributed by atoms with Gasteiger partial charge in [-0.2, -0.15) is 0 Å². The van der Waals surface area contributed by atoms with E-state index in [0.29, 0.717) is 33.0 Å². The minimum atomic E-state index is -0.502. The lowest BCUT2D eigenvalue weighted by Crippen LogP contribution is -2.45. The molecule has 6 rings (SSSR count). The molecule has 2 heterocycles. The Morgan fingerprint density at radius 2 is 0.952 bits per heavy atom. The second-order valence-corrected chi connectivity index (χ2v) is 10.4. The lowest BCUT2D eigenvalue weighted by Gasteiger charge is -2.34. The number of fused-ring (bicyclic) bond motifs is 1. The summed E-state index contributed by atoms with van der Waals surface area (Å²) in [7, 11) is 0. The van der Waals surface area contributed by atoms with E-state index in [1.54, 1.807) is 6.20 Å². The van der Waals surface area contributed by atoms with E-state index in [0.717, 1.165) is 27.9 Å². The molecular weight excluding hydrogens is 526 g/mol. The Balaban J connectivity index is 1.34. The molecule has 4 aromatic carbocycles. The highest BCUT2D eigenvalue weighted by Crippen LogP contribution is 2.35. The smallest absolute Gasteiger partial charge is 0.130 e. The van der Waals surface area contributed by atoms with Gasteiger partial charge >= 0.3 is 0 Å². The van der Waals surface area contributed by atoms with E-state index in [1.165, 1.54) is 0 Å². The van der Waals surface area contributed by atoms with Crippen LogP contribution < -0.4 is 0 Å². The van der Waals surface area contributed by atoms with Crippen LogP contribution in [0.1, 0.15) is 34.1 Å². The largest absolute Gasteiger partial charge is 0.369 e. The quantitative estimate of drug-likeness (QED) is 0.178. The highest BCUT2D eigenvalue weighted by Gasteiger charge is 2.44. The van der Waals surface area contributed by atoms with Crippen LogP contribution in [0.15, 0.2) is 128 Å². The second-order valence-electron chi connectivity index (χ2n) is 10.4. The van der Waals surface area contributed by atoms with Crippen molar-refractivity contribution in [1.29, 1.82) is 0 Å². The van der Waals surface area contributed by atoms with Gasteiger partial charge in [0.15, 0.2) is 0 Å². The Morgan fingerprint density at radius 3 is 1.45 bits per heavy atom. The zero-order valence-corrected chi connectivity index (χ0v) is 23.4. The number of rotatable bonds is 12. The Bertz CT molecular complexity index is 1480. The van der Waals surface area contributed by atoms with E-state index in [1.807, 2.05) is 77.5 Å². The molecule has 214 valence electrons. The van der Waals surface area contributed by atoms with Crippen molar-refractivity contribution in [3.05, 3.63) is 155 Å². The second kappa shape index (κ2) is 14.2. The summed E-state index contributed by atoms with van der Waals surface area (Å²) in [5.74, 6) is 0. The van der Waals surface area contributed by atoms with Crippen molar-refractivity contribution in [3.63, 3.8) is 0 Å². The zero-order chi connectivity index (χ0) is 28.4. The first-order valence-electron chi connectivity index (χ1n) is 14.3. The normalized spacial score (nSPS) is 20.1. The minimum absolute atomic E-state index is 0.375. The molecule has 0 saturated carbocycles. The van der Waals surface area contributed by atoms with Gasteiger partial charge in [-0.05, 0) is 22.3 Å². The summed E-state index contributed by atoms with van der Waals surface area (Å²) in [6.07, 6.45) is -0.0590. The fourth-order valence-corrected chi connectivity index (χ4v) is 5.24. The van der Waals surface area contributed by atoms with Gasteiger partial charge in [-0.25, -0.2) is 4.68 Å². The summed E-state index contributed by atoms with van der Waals surface area (Å²) in [6.45, 7) is 2.10. The Morgan fingerprint density at radius 1 is 0.524 bits per heavy atom. The van der Waals surface area contributed by atoms with Crippen LogP contribution in [-0.4, -0.2) is 33.3 Å². The molecule has 0 saturated heterocycles. The predicted octanol–water partition coefficient (Wildman–Crippen LogP) is 6.31. The highest BCUT2D eigenvalue weighted by atomic mass is 16.6. The number of benzene rings is 4. The third-order valence-corrected chi connectivity index (χ3v) is 7.43. The molecule has 0 spiro atoms. The summed E-state index contributed by atoms with van der Waals surface area (Å²) in [6, 6.07) is 40.6. The molecule has 1 aliphatic heterocycles. The molecule has 0 fully saturated rings. The SMILES string of the molecule is c1ccc(CO[C@@H]2[C@H](OCc3ccccc3)[C@@H](OCc3ccccc3)c3cnnn3C[C@H]2OCc2ccccc2)cc1. The van der Waals surface area contributed by atoms with Gasteiger partial charge in [-0.3, -0.25) is 0 Å². The first kappa shape index (κ1) is 28.0. The van der Waals surface area contributed by atoms with Gasteiger partial charge in [0, 0.05) is 0 Å². The van der Waals surface area contributed by atoms with Crippen molar-refractivity contribution in [1.82, 2.24) is 15.0 Å². The Hall–Kier alpha value is -4.14. The van der Waals surface area contributed by atoms with Crippen LogP contribution in [0.25, 0.3) is 0 Å². The molecule has 42 heavy (non-hydrogen) atoms. The lowest BCUT2D eigenvalue weighted by atomic mass is 10.0. The van der Waals surface area contributed by atoms with Crippen LogP contribution in [0.4, 0.5) is 0 Å². The Kier molecular flexibility index (Phi) is 9.44. The maximum Gasteiger partial charge on any atom is 0.130 e. The van der Waals surface area contributed by atoms with E-state index in [4.69, 9.17) is 18.9 Å². The number of ether oxygens (including phenoxy) is 4.